The average Bonchev–Trinajstić information content (AvgIpc) is 3.06. The summed E-state index contributed by atoms with van der Waals surface area (Å²) in [6.07, 6.45) is 0. The van der Waals surface area contributed by atoms with Crippen molar-refractivity contribution in [2.75, 3.05) is 4.72 Å². The Labute approximate surface area is 189 Å². The Bertz CT molecular complexity index is 1530. The maximum Gasteiger partial charge on any atom is 0.420 e. The number of pyridine rings is 1. The van der Waals surface area contributed by atoms with Crippen LogP contribution in [0.4, 0.5) is 10.2 Å². The van der Waals surface area contributed by atoms with Crippen LogP contribution in [-0.4, -0.2) is 18.0 Å². The van der Waals surface area contributed by atoms with Crippen LogP contribution in [0.3, 0.4) is 0 Å². The van der Waals surface area contributed by atoms with Crippen molar-refractivity contribution >= 4 is 26.9 Å². The first-order valence-corrected chi connectivity index (χ1v) is 11.7. The number of hydrogen-bond acceptors (Lipinski definition) is 6. The third-order valence-corrected chi connectivity index (χ3v) is 7.14. The molecule has 1 unspecified atom stereocenters. The highest BCUT2D eigenvalue weighted by atomic mass is 32.2. The van der Waals surface area contributed by atoms with Gasteiger partial charge in [0.15, 0.2) is 5.58 Å². The topological polar surface area (TPSA) is 120 Å². The number of sulfonamides is 1. The predicted molar refractivity (Wildman–Crippen MR) is 123 cm³/mol. The lowest BCUT2D eigenvalue weighted by Gasteiger charge is -2.19. The van der Waals surface area contributed by atoms with Crippen LogP contribution in [0.25, 0.3) is 11.1 Å². The molecule has 4 aromatic rings. The monoisotopic (exact) mass is 470 g/mol. The Balaban J connectivity index is 1.81. The first kappa shape index (κ1) is 22.7. The van der Waals surface area contributed by atoms with E-state index >= 15 is 0 Å². The predicted octanol–water partition coefficient (Wildman–Crippen LogP) is 3.61. The molecule has 33 heavy (non-hydrogen) atoms. The maximum absolute atomic E-state index is 13.4. The zero-order chi connectivity index (χ0) is 23.9. The van der Waals surface area contributed by atoms with Gasteiger partial charge < -0.3 is 10.2 Å². The number of fused-ring (bicyclic) bond motifs is 1. The molecule has 0 amide bonds. The molecule has 0 aliphatic carbocycles. The van der Waals surface area contributed by atoms with Gasteiger partial charge in [-0.25, -0.2) is 18.2 Å². The molecule has 2 aromatic heterocycles. The van der Waals surface area contributed by atoms with Crippen molar-refractivity contribution in [3.63, 3.8) is 0 Å². The number of anilines is 1. The van der Waals surface area contributed by atoms with Crippen molar-refractivity contribution in [3.8, 4) is 0 Å². The van der Waals surface area contributed by atoms with Gasteiger partial charge in [0, 0.05) is 12.6 Å². The molecule has 1 atom stereocenters. The summed E-state index contributed by atoms with van der Waals surface area (Å²) in [5.74, 6) is -1.58. The van der Waals surface area contributed by atoms with E-state index in [1.165, 1.54) is 22.8 Å². The molecule has 0 bridgehead atoms. The first-order valence-electron chi connectivity index (χ1n) is 10.2. The number of aryl methyl sites for hydroxylation is 2. The molecular weight excluding hydrogens is 447 g/mol. The minimum Gasteiger partial charge on any atom is -0.408 e. The van der Waals surface area contributed by atoms with Crippen molar-refractivity contribution in [3.05, 3.63) is 87.3 Å². The fourth-order valence-corrected chi connectivity index (χ4v) is 5.26. The van der Waals surface area contributed by atoms with Crippen molar-refractivity contribution in [2.24, 2.45) is 5.73 Å². The molecule has 2 heterocycles. The van der Waals surface area contributed by atoms with Crippen LogP contribution in [0.5, 0.6) is 0 Å². The number of hydrogen-bond donors (Lipinski definition) is 2. The zero-order valence-corrected chi connectivity index (χ0v) is 19.1. The SMILES string of the molecule is Cc1cc2c(cc1S(=O)(=O)Nc1cccc(F)n1)oc(=O)n2C(C)c1cccc(C)c1CN. The molecule has 0 saturated heterocycles. The fourth-order valence-electron chi connectivity index (χ4n) is 4.01. The van der Waals surface area contributed by atoms with Crippen molar-refractivity contribution in [1.82, 2.24) is 9.55 Å². The number of nitrogens with two attached hydrogens (primary N) is 1. The van der Waals surface area contributed by atoms with Gasteiger partial charge in [0.25, 0.3) is 10.0 Å². The lowest BCUT2D eigenvalue weighted by molar-refractivity contribution is 0.488. The second kappa shape index (κ2) is 8.45. The van der Waals surface area contributed by atoms with Gasteiger partial charge in [-0.1, -0.05) is 24.3 Å². The molecule has 4 rings (SSSR count). The minimum atomic E-state index is -4.11. The highest BCUT2D eigenvalue weighted by Crippen LogP contribution is 2.29. The van der Waals surface area contributed by atoms with E-state index in [4.69, 9.17) is 10.2 Å². The number of rotatable bonds is 6. The molecule has 172 valence electrons. The second-order valence-electron chi connectivity index (χ2n) is 7.80. The third kappa shape index (κ3) is 4.14. The summed E-state index contributed by atoms with van der Waals surface area (Å²) < 4.78 is 48.4. The van der Waals surface area contributed by atoms with Crippen LogP contribution in [0.1, 0.15) is 35.2 Å². The van der Waals surface area contributed by atoms with Crippen LogP contribution in [0, 0.1) is 19.8 Å². The van der Waals surface area contributed by atoms with E-state index in [2.05, 4.69) is 9.71 Å². The molecule has 0 fully saturated rings. The summed E-state index contributed by atoms with van der Waals surface area (Å²) in [4.78, 5) is 16.2. The van der Waals surface area contributed by atoms with Gasteiger partial charge in [-0.15, -0.1) is 0 Å². The Morgan fingerprint density at radius 1 is 1.15 bits per heavy atom. The zero-order valence-electron chi connectivity index (χ0n) is 18.3. The van der Waals surface area contributed by atoms with Crippen molar-refractivity contribution in [2.45, 2.75) is 38.3 Å². The minimum absolute atomic E-state index is 0.104. The maximum atomic E-state index is 13.4. The summed E-state index contributed by atoms with van der Waals surface area (Å²) >= 11 is 0. The Hall–Kier alpha value is -3.50. The van der Waals surface area contributed by atoms with E-state index in [1.807, 2.05) is 32.0 Å². The molecule has 0 radical (unpaired) electrons. The van der Waals surface area contributed by atoms with E-state index in [0.717, 1.165) is 22.8 Å². The Morgan fingerprint density at radius 3 is 2.58 bits per heavy atom. The third-order valence-electron chi connectivity index (χ3n) is 5.64. The van der Waals surface area contributed by atoms with Crippen LogP contribution in [0.2, 0.25) is 0 Å². The van der Waals surface area contributed by atoms with Crippen LogP contribution >= 0.6 is 0 Å². The number of aromatic nitrogens is 2. The second-order valence-corrected chi connectivity index (χ2v) is 9.45. The molecule has 0 saturated carbocycles. The van der Waals surface area contributed by atoms with Gasteiger partial charge in [0.2, 0.25) is 5.95 Å². The van der Waals surface area contributed by atoms with Crippen LogP contribution in [0.15, 0.2) is 62.6 Å². The average molecular weight is 471 g/mol. The van der Waals surface area contributed by atoms with Crippen molar-refractivity contribution < 1.29 is 17.2 Å². The number of nitrogens with zero attached hydrogens (tertiary/aromatic N) is 2. The summed E-state index contributed by atoms with van der Waals surface area (Å²) in [5, 5.41) is 0. The lowest BCUT2D eigenvalue weighted by atomic mass is 9.97. The highest BCUT2D eigenvalue weighted by Gasteiger charge is 2.24. The summed E-state index contributed by atoms with van der Waals surface area (Å²) in [6, 6.07) is 12.0. The summed E-state index contributed by atoms with van der Waals surface area (Å²) in [5.41, 5.74) is 9.75. The smallest absolute Gasteiger partial charge is 0.408 e. The quantitative estimate of drug-likeness (QED) is 0.415. The van der Waals surface area contributed by atoms with Crippen molar-refractivity contribution in [1.29, 1.82) is 0 Å². The molecule has 10 heteroatoms. The van der Waals surface area contributed by atoms with Gasteiger partial charge in [-0.3, -0.25) is 9.29 Å². The molecule has 2 aromatic carbocycles. The summed E-state index contributed by atoms with van der Waals surface area (Å²) in [6.45, 7) is 5.74. The summed E-state index contributed by atoms with van der Waals surface area (Å²) in [7, 11) is -4.11. The molecule has 0 spiro atoms. The number of halogens is 1. The Morgan fingerprint density at radius 2 is 1.88 bits per heavy atom. The van der Waals surface area contributed by atoms with Crippen LogP contribution in [-0.2, 0) is 16.6 Å². The molecule has 3 N–H and O–H groups in total. The first-order chi connectivity index (χ1) is 15.6. The molecule has 0 aliphatic heterocycles. The Kier molecular flexibility index (Phi) is 5.81. The van der Waals surface area contributed by atoms with Gasteiger partial charge >= 0.3 is 5.76 Å². The highest BCUT2D eigenvalue weighted by molar-refractivity contribution is 7.92. The fraction of sp³-hybridized carbons (Fsp3) is 0.217. The van der Waals surface area contributed by atoms with Gasteiger partial charge in [0.1, 0.15) is 5.82 Å². The van der Waals surface area contributed by atoms with E-state index in [9.17, 15) is 17.6 Å². The van der Waals surface area contributed by atoms with Crippen LogP contribution < -0.4 is 16.2 Å². The van der Waals surface area contributed by atoms with E-state index in [-0.39, 0.29) is 16.3 Å². The molecule has 0 aliphatic rings. The van der Waals surface area contributed by atoms with E-state index < -0.39 is 27.8 Å². The van der Waals surface area contributed by atoms with Gasteiger partial charge in [-0.2, -0.15) is 4.39 Å². The van der Waals surface area contributed by atoms with Gasteiger partial charge in [0.05, 0.1) is 16.5 Å². The number of nitrogens with one attached hydrogen (secondary N) is 1. The number of oxazole rings is 1. The molecular formula is C23H23FN4O4S. The normalized spacial score (nSPS) is 12.8. The standard InChI is InChI=1S/C23H23FN4O4S/c1-13-6-4-7-16(17(13)12-25)15(3)28-18-10-14(2)20(11-19(18)32-23(28)29)33(30,31)27-22-9-5-8-21(24)26-22/h4-11,15H,12,25H2,1-3H3,(H,26,27). The largest absolute Gasteiger partial charge is 0.420 e. The lowest BCUT2D eigenvalue weighted by Crippen LogP contribution is -2.21. The van der Waals surface area contributed by atoms with E-state index in [0.29, 0.717) is 17.6 Å². The van der Waals surface area contributed by atoms with Gasteiger partial charge in [-0.05, 0) is 61.2 Å². The number of benzene rings is 2. The molecule has 8 nitrogen and oxygen atoms in total. The van der Waals surface area contributed by atoms with E-state index in [1.54, 1.807) is 13.0 Å².